The number of benzene rings is 1. The number of nitrogens with one attached hydrogen (secondary N) is 3. The van der Waals surface area contributed by atoms with Crippen LogP contribution in [0.4, 0.5) is 4.39 Å². The largest absolute Gasteiger partial charge is 0.349 e. The van der Waals surface area contributed by atoms with Crippen LogP contribution >= 0.6 is 12.4 Å². The minimum Gasteiger partial charge on any atom is -0.349 e. The van der Waals surface area contributed by atoms with Crippen molar-refractivity contribution in [2.24, 2.45) is 0 Å². The van der Waals surface area contributed by atoms with Crippen molar-refractivity contribution in [3.05, 3.63) is 52.6 Å². The van der Waals surface area contributed by atoms with Crippen molar-refractivity contribution in [1.82, 2.24) is 25.7 Å². The molecular weight excluding hydrogens is 345 g/mol. The van der Waals surface area contributed by atoms with Crippen LogP contribution < -0.4 is 10.6 Å². The number of hydrogen-bond acceptors (Lipinski definition) is 4. The third-order valence-corrected chi connectivity index (χ3v) is 4.36. The summed E-state index contributed by atoms with van der Waals surface area (Å²) < 4.78 is 13.1. The van der Waals surface area contributed by atoms with Gasteiger partial charge in [0.05, 0.1) is 6.04 Å². The molecule has 1 aliphatic rings. The Morgan fingerprint density at radius 3 is 2.76 bits per heavy atom. The molecule has 6 nitrogen and oxygen atoms in total. The molecule has 2 aromatic rings. The van der Waals surface area contributed by atoms with Gasteiger partial charge in [-0.15, -0.1) is 12.4 Å². The minimum atomic E-state index is -0.268. The van der Waals surface area contributed by atoms with E-state index in [-0.39, 0.29) is 30.2 Å². The summed E-state index contributed by atoms with van der Waals surface area (Å²) in [7, 11) is 3.86. The standard InChI is InChI=1S/C17H22FN5O.ClH/c1-23(2)15(11-3-5-12(18)6-4-11)10-20-17(24)16-13-9-19-8-7-14(13)21-22-16;/h3-6,15,19H,7-10H2,1-2H3,(H,20,24)(H,21,22);1H. The Hall–Kier alpha value is -1.96. The van der Waals surface area contributed by atoms with E-state index in [0.29, 0.717) is 18.8 Å². The zero-order valence-corrected chi connectivity index (χ0v) is 15.1. The van der Waals surface area contributed by atoms with Crippen molar-refractivity contribution in [2.45, 2.75) is 19.0 Å². The van der Waals surface area contributed by atoms with E-state index in [1.54, 1.807) is 12.1 Å². The fourth-order valence-electron chi connectivity index (χ4n) is 2.97. The third kappa shape index (κ3) is 4.36. The van der Waals surface area contributed by atoms with Crippen LogP contribution in [0, 0.1) is 5.82 Å². The topological polar surface area (TPSA) is 73.0 Å². The van der Waals surface area contributed by atoms with Crippen LogP contribution in [0.25, 0.3) is 0 Å². The van der Waals surface area contributed by atoms with E-state index in [1.165, 1.54) is 12.1 Å². The molecule has 0 saturated carbocycles. The van der Waals surface area contributed by atoms with Gasteiger partial charge < -0.3 is 15.5 Å². The fraction of sp³-hybridized carbons (Fsp3) is 0.412. The number of carbonyl (C=O) groups is 1. The van der Waals surface area contributed by atoms with Crippen molar-refractivity contribution in [2.75, 3.05) is 27.2 Å². The number of halogens is 2. The van der Waals surface area contributed by atoms with Crippen LogP contribution in [0.2, 0.25) is 0 Å². The molecule has 1 unspecified atom stereocenters. The quantitative estimate of drug-likeness (QED) is 0.751. The summed E-state index contributed by atoms with van der Waals surface area (Å²) in [5.41, 5.74) is 3.38. The van der Waals surface area contributed by atoms with Gasteiger partial charge in [-0.25, -0.2) is 4.39 Å². The highest BCUT2D eigenvalue weighted by Crippen LogP contribution is 2.19. The summed E-state index contributed by atoms with van der Waals surface area (Å²) in [5.74, 6) is -0.457. The summed E-state index contributed by atoms with van der Waals surface area (Å²) in [4.78, 5) is 14.5. The van der Waals surface area contributed by atoms with E-state index in [0.717, 1.165) is 29.8 Å². The minimum absolute atomic E-state index is 0. The van der Waals surface area contributed by atoms with Crippen LogP contribution in [-0.2, 0) is 13.0 Å². The van der Waals surface area contributed by atoms with E-state index < -0.39 is 0 Å². The second kappa shape index (κ2) is 8.42. The normalized spacial score (nSPS) is 14.6. The van der Waals surface area contributed by atoms with Crippen LogP contribution in [-0.4, -0.2) is 48.2 Å². The molecule has 0 bridgehead atoms. The van der Waals surface area contributed by atoms with Crippen LogP contribution in [0.1, 0.15) is 33.4 Å². The molecule has 1 aromatic carbocycles. The van der Waals surface area contributed by atoms with Gasteiger partial charge >= 0.3 is 0 Å². The summed E-state index contributed by atoms with van der Waals surface area (Å²) in [6.45, 7) is 1.97. The monoisotopic (exact) mass is 367 g/mol. The first-order valence-electron chi connectivity index (χ1n) is 8.03. The lowest BCUT2D eigenvalue weighted by Gasteiger charge is -2.25. The molecule has 136 valence electrons. The van der Waals surface area contributed by atoms with E-state index in [9.17, 15) is 9.18 Å². The molecule has 3 N–H and O–H groups in total. The maximum Gasteiger partial charge on any atom is 0.272 e. The van der Waals surface area contributed by atoms with Crippen molar-refractivity contribution in [1.29, 1.82) is 0 Å². The fourth-order valence-corrected chi connectivity index (χ4v) is 2.97. The van der Waals surface area contributed by atoms with Gasteiger partial charge in [0.15, 0.2) is 5.69 Å². The number of aromatic nitrogens is 2. The van der Waals surface area contributed by atoms with Crippen LogP contribution in [0.15, 0.2) is 24.3 Å². The van der Waals surface area contributed by atoms with Crippen molar-refractivity contribution in [3.8, 4) is 0 Å². The number of likely N-dealkylation sites (N-methyl/N-ethyl adjacent to an activating group) is 1. The Morgan fingerprint density at radius 1 is 1.36 bits per heavy atom. The van der Waals surface area contributed by atoms with Gasteiger partial charge in [0, 0.05) is 37.3 Å². The average Bonchev–Trinajstić information content (AvgIpc) is 3.00. The number of carbonyl (C=O) groups excluding carboxylic acids is 1. The molecule has 0 spiro atoms. The van der Waals surface area contributed by atoms with Crippen molar-refractivity contribution >= 4 is 18.3 Å². The summed E-state index contributed by atoms with van der Waals surface area (Å²) in [5, 5.41) is 13.3. The lowest BCUT2D eigenvalue weighted by Crippen LogP contribution is -2.35. The van der Waals surface area contributed by atoms with Gasteiger partial charge in [0.25, 0.3) is 5.91 Å². The Kier molecular flexibility index (Phi) is 6.52. The molecule has 2 heterocycles. The number of aromatic amines is 1. The highest BCUT2D eigenvalue weighted by molar-refractivity contribution is 5.94. The Labute approximate surface area is 152 Å². The van der Waals surface area contributed by atoms with Crippen molar-refractivity contribution < 1.29 is 9.18 Å². The molecule has 3 rings (SSSR count). The predicted molar refractivity (Wildman–Crippen MR) is 96.4 cm³/mol. The predicted octanol–water partition coefficient (Wildman–Crippen LogP) is 1.65. The number of nitrogens with zero attached hydrogens (tertiary/aromatic N) is 2. The van der Waals surface area contributed by atoms with Gasteiger partial charge in [-0.3, -0.25) is 9.89 Å². The first-order valence-corrected chi connectivity index (χ1v) is 8.03. The van der Waals surface area contributed by atoms with Gasteiger partial charge in [-0.05, 0) is 31.8 Å². The highest BCUT2D eigenvalue weighted by atomic mass is 35.5. The Morgan fingerprint density at radius 2 is 2.08 bits per heavy atom. The molecule has 1 amide bonds. The van der Waals surface area contributed by atoms with E-state index >= 15 is 0 Å². The molecule has 8 heteroatoms. The first-order chi connectivity index (χ1) is 11.6. The molecule has 1 aromatic heterocycles. The van der Waals surface area contributed by atoms with Gasteiger partial charge in [0.1, 0.15) is 5.82 Å². The molecule has 1 atom stereocenters. The molecular formula is C17H23ClFN5O. The molecule has 0 saturated heterocycles. The lowest BCUT2D eigenvalue weighted by molar-refractivity contribution is 0.0935. The first kappa shape index (κ1) is 19.4. The number of rotatable bonds is 5. The van der Waals surface area contributed by atoms with Crippen molar-refractivity contribution in [3.63, 3.8) is 0 Å². The second-order valence-corrected chi connectivity index (χ2v) is 6.20. The van der Waals surface area contributed by atoms with Gasteiger partial charge in [0.2, 0.25) is 0 Å². The zero-order valence-electron chi connectivity index (χ0n) is 14.3. The van der Waals surface area contributed by atoms with E-state index in [1.807, 2.05) is 19.0 Å². The Bertz CT molecular complexity index is 716. The SMILES string of the molecule is CN(C)C(CNC(=O)c1n[nH]c2c1CNCC2)c1ccc(F)cc1.Cl. The summed E-state index contributed by atoms with van der Waals surface area (Å²) >= 11 is 0. The zero-order chi connectivity index (χ0) is 17.1. The number of hydrogen-bond donors (Lipinski definition) is 3. The number of fused-ring (bicyclic) bond motifs is 1. The maximum absolute atomic E-state index is 13.1. The second-order valence-electron chi connectivity index (χ2n) is 6.20. The van der Waals surface area contributed by atoms with Gasteiger partial charge in [-0.2, -0.15) is 5.10 Å². The smallest absolute Gasteiger partial charge is 0.272 e. The lowest BCUT2D eigenvalue weighted by atomic mass is 10.0. The number of H-pyrrole nitrogens is 1. The van der Waals surface area contributed by atoms with E-state index in [4.69, 9.17) is 0 Å². The Balaban J connectivity index is 0.00000225. The van der Waals surface area contributed by atoms with Gasteiger partial charge in [-0.1, -0.05) is 12.1 Å². The average molecular weight is 368 g/mol. The maximum atomic E-state index is 13.1. The number of amides is 1. The summed E-state index contributed by atoms with van der Waals surface area (Å²) in [6, 6.07) is 6.31. The van der Waals surface area contributed by atoms with Crippen LogP contribution in [0.3, 0.4) is 0 Å². The van der Waals surface area contributed by atoms with E-state index in [2.05, 4.69) is 20.8 Å². The summed E-state index contributed by atoms with van der Waals surface area (Å²) in [6.07, 6.45) is 0.853. The molecule has 0 aliphatic carbocycles. The molecule has 0 fully saturated rings. The highest BCUT2D eigenvalue weighted by Gasteiger charge is 2.23. The van der Waals surface area contributed by atoms with Crippen LogP contribution in [0.5, 0.6) is 0 Å². The molecule has 25 heavy (non-hydrogen) atoms. The third-order valence-electron chi connectivity index (χ3n) is 4.36. The molecule has 0 radical (unpaired) electrons. The molecule has 1 aliphatic heterocycles.